The van der Waals surface area contributed by atoms with Gasteiger partial charge in [0.15, 0.2) is 0 Å². The molecule has 2 unspecified atom stereocenters. The minimum atomic E-state index is -2.79. The molecule has 0 bridgehead atoms. The van der Waals surface area contributed by atoms with Crippen molar-refractivity contribution in [3.63, 3.8) is 0 Å². The van der Waals surface area contributed by atoms with Gasteiger partial charge in [0, 0.05) is 18.2 Å². The maximum absolute atomic E-state index is 14.4. The van der Waals surface area contributed by atoms with Gasteiger partial charge in [0.25, 0.3) is 5.92 Å². The van der Waals surface area contributed by atoms with Crippen LogP contribution < -0.4 is 5.32 Å². The highest BCUT2D eigenvalue weighted by Gasteiger charge is 2.35. The molecule has 1 aliphatic heterocycles. The topological polar surface area (TPSA) is 15.3 Å². The molecule has 0 radical (unpaired) electrons. The van der Waals surface area contributed by atoms with Gasteiger partial charge in [0.1, 0.15) is 0 Å². The van der Waals surface area contributed by atoms with Crippen molar-refractivity contribution >= 4 is 0 Å². The number of hydrogen-bond donors (Lipinski definition) is 1. The number of alkyl halides is 2. The van der Waals surface area contributed by atoms with Crippen LogP contribution in [0.25, 0.3) is 0 Å². The van der Waals surface area contributed by atoms with Crippen LogP contribution >= 0.6 is 0 Å². The smallest absolute Gasteiger partial charge is 0.285 e. The molecule has 1 saturated heterocycles. The van der Waals surface area contributed by atoms with Gasteiger partial charge in [0.05, 0.1) is 6.54 Å². The third-order valence-corrected chi connectivity index (χ3v) is 4.46. The van der Waals surface area contributed by atoms with E-state index >= 15 is 0 Å². The third kappa shape index (κ3) is 4.48. The van der Waals surface area contributed by atoms with Crippen LogP contribution in [0.4, 0.5) is 8.78 Å². The van der Waals surface area contributed by atoms with Crippen LogP contribution in [0.15, 0.2) is 30.3 Å². The summed E-state index contributed by atoms with van der Waals surface area (Å²) < 4.78 is 28.8. The Morgan fingerprint density at radius 1 is 1.33 bits per heavy atom. The second-order valence-electron chi connectivity index (χ2n) is 6.11. The maximum atomic E-state index is 14.4. The Labute approximate surface area is 126 Å². The molecule has 21 heavy (non-hydrogen) atoms. The van der Waals surface area contributed by atoms with Gasteiger partial charge in [0.2, 0.25) is 0 Å². The number of rotatable bonds is 5. The third-order valence-electron chi connectivity index (χ3n) is 4.46. The first-order valence-corrected chi connectivity index (χ1v) is 7.92. The molecule has 1 fully saturated rings. The molecule has 4 heteroatoms. The van der Waals surface area contributed by atoms with E-state index in [9.17, 15) is 8.78 Å². The molecule has 0 saturated carbocycles. The predicted octanol–water partition coefficient (Wildman–Crippen LogP) is 3.49. The van der Waals surface area contributed by atoms with Gasteiger partial charge in [-0.15, -0.1) is 0 Å². The molecule has 1 heterocycles. The molecule has 2 rings (SSSR count). The number of hydrogen-bond acceptors (Lipinski definition) is 2. The van der Waals surface area contributed by atoms with Crippen molar-refractivity contribution in [3.8, 4) is 0 Å². The van der Waals surface area contributed by atoms with Crippen molar-refractivity contribution in [2.75, 3.05) is 26.2 Å². The molecule has 1 aromatic carbocycles. The van der Waals surface area contributed by atoms with E-state index < -0.39 is 5.92 Å². The van der Waals surface area contributed by atoms with Crippen LogP contribution in [-0.2, 0) is 5.92 Å². The standard InChI is InChI=1S/C17H26F2N2/c1-3-14(2)16-12-21(11-7-10-20-16)13-17(18,19)15-8-5-4-6-9-15/h4-6,8-9,14,16,20H,3,7,10-13H2,1-2H3. The lowest BCUT2D eigenvalue weighted by atomic mass is 9.98. The first-order chi connectivity index (χ1) is 10.0. The van der Waals surface area contributed by atoms with Crippen LogP contribution in [0.5, 0.6) is 0 Å². The zero-order valence-electron chi connectivity index (χ0n) is 13.0. The molecule has 1 N–H and O–H groups in total. The van der Waals surface area contributed by atoms with E-state index in [2.05, 4.69) is 19.2 Å². The summed E-state index contributed by atoms with van der Waals surface area (Å²) in [5, 5.41) is 3.50. The van der Waals surface area contributed by atoms with Crippen molar-refractivity contribution in [1.82, 2.24) is 10.2 Å². The molecule has 0 aromatic heterocycles. The number of nitrogens with zero attached hydrogens (tertiary/aromatic N) is 1. The average Bonchev–Trinajstić information content (AvgIpc) is 2.72. The first-order valence-electron chi connectivity index (χ1n) is 7.92. The summed E-state index contributed by atoms with van der Waals surface area (Å²) in [6.45, 7) is 6.52. The highest BCUT2D eigenvalue weighted by molar-refractivity contribution is 5.20. The zero-order chi connectivity index (χ0) is 15.3. The minimum Gasteiger partial charge on any atom is -0.312 e. The van der Waals surface area contributed by atoms with Crippen LogP contribution in [0.1, 0.15) is 32.3 Å². The SMILES string of the molecule is CCC(C)C1CN(CC(F)(F)c2ccccc2)CCCN1. The number of benzene rings is 1. The van der Waals surface area contributed by atoms with Crippen molar-refractivity contribution in [2.24, 2.45) is 5.92 Å². The zero-order valence-corrected chi connectivity index (χ0v) is 13.0. The molecule has 1 aliphatic rings. The fourth-order valence-corrected chi connectivity index (χ4v) is 2.89. The van der Waals surface area contributed by atoms with E-state index in [0.717, 1.165) is 25.9 Å². The quantitative estimate of drug-likeness (QED) is 0.895. The largest absolute Gasteiger partial charge is 0.312 e. The van der Waals surface area contributed by atoms with Crippen LogP contribution in [-0.4, -0.2) is 37.1 Å². The fraction of sp³-hybridized carbons (Fsp3) is 0.647. The van der Waals surface area contributed by atoms with Crippen molar-refractivity contribution in [1.29, 1.82) is 0 Å². The normalized spacial score (nSPS) is 22.8. The molecular formula is C17H26F2N2. The van der Waals surface area contributed by atoms with Crippen molar-refractivity contribution in [2.45, 2.75) is 38.7 Å². The van der Waals surface area contributed by atoms with E-state index in [1.165, 1.54) is 12.1 Å². The summed E-state index contributed by atoms with van der Waals surface area (Å²) in [6.07, 6.45) is 2.00. The molecule has 0 amide bonds. The van der Waals surface area contributed by atoms with Gasteiger partial charge in [-0.25, -0.2) is 0 Å². The first kappa shape index (κ1) is 16.4. The lowest BCUT2D eigenvalue weighted by Crippen LogP contribution is -2.44. The fourth-order valence-electron chi connectivity index (χ4n) is 2.89. The lowest BCUT2D eigenvalue weighted by molar-refractivity contribution is -0.0389. The Morgan fingerprint density at radius 3 is 2.71 bits per heavy atom. The Bertz CT molecular complexity index is 422. The van der Waals surface area contributed by atoms with Gasteiger partial charge in [-0.05, 0) is 25.4 Å². The van der Waals surface area contributed by atoms with Crippen LogP contribution in [0.2, 0.25) is 0 Å². The van der Waals surface area contributed by atoms with Gasteiger partial charge in [-0.1, -0.05) is 50.6 Å². The molecule has 0 aliphatic carbocycles. The van der Waals surface area contributed by atoms with Gasteiger partial charge in [-0.3, -0.25) is 4.90 Å². The van der Waals surface area contributed by atoms with Crippen LogP contribution in [0, 0.1) is 5.92 Å². The number of halogens is 2. The van der Waals surface area contributed by atoms with E-state index in [1.54, 1.807) is 18.2 Å². The van der Waals surface area contributed by atoms with E-state index in [1.807, 2.05) is 4.90 Å². The maximum Gasteiger partial charge on any atom is 0.285 e. The molecule has 2 atom stereocenters. The molecule has 118 valence electrons. The Kier molecular flexibility index (Phi) is 5.71. The summed E-state index contributed by atoms with van der Waals surface area (Å²) in [5.74, 6) is -2.28. The van der Waals surface area contributed by atoms with E-state index in [0.29, 0.717) is 18.5 Å². The Balaban J connectivity index is 2.03. The van der Waals surface area contributed by atoms with E-state index in [-0.39, 0.29) is 12.1 Å². The Hall–Kier alpha value is -1.00. The predicted molar refractivity (Wildman–Crippen MR) is 82.6 cm³/mol. The molecule has 0 spiro atoms. The molecule has 1 aromatic rings. The highest BCUT2D eigenvalue weighted by atomic mass is 19.3. The average molecular weight is 296 g/mol. The van der Waals surface area contributed by atoms with E-state index in [4.69, 9.17) is 0 Å². The summed E-state index contributed by atoms with van der Waals surface area (Å²) in [7, 11) is 0. The van der Waals surface area contributed by atoms with Crippen molar-refractivity contribution < 1.29 is 8.78 Å². The monoisotopic (exact) mass is 296 g/mol. The summed E-state index contributed by atoms with van der Waals surface area (Å²) in [4.78, 5) is 1.92. The summed E-state index contributed by atoms with van der Waals surface area (Å²) >= 11 is 0. The minimum absolute atomic E-state index is 0.113. The second-order valence-corrected chi connectivity index (χ2v) is 6.11. The molecule has 2 nitrogen and oxygen atoms in total. The van der Waals surface area contributed by atoms with Crippen LogP contribution in [0.3, 0.4) is 0 Å². The number of nitrogens with one attached hydrogen (secondary N) is 1. The van der Waals surface area contributed by atoms with Gasteiger partial charge < -0.3 is 5.32 Å². The highest BCUT2D eigenvalue weighted by Crippen LogP contribution is 2.29. The lowest BCUT2D eigenvalue weighted by Gasteiger charge is -2.30. The van der Waals surface area contributed by atoms with Crippen molar-refractivity contribution in [3.05, 3.63) is 35.9 Å². The summed E-state index contributed by atoms with van der Waals surface area (Å²) in [5.41, 5.74) is 0.113. The van der Waals surface area contributed by atoms with Gasteiger partial charge in [-0.2, -0.15) is 8.78 Å². The Morgan fingerprint density at radius 2 is 2.05 bits per heavy atom. The molecular weight excluding hydrogens is 270 g/mol. The summed E-state index contributed by atoms with van der Waals surface area (Å²) in [6, 6.07) is 8.47. The second kappa shape index (κ2) is 7.32. The van der Waals surface area contributed by atoms with Gasteiger partial charge >= 0.3 is 0 Å².